The van der Waals surface area contributed by atoms with Gasteiger partial charge in [-0.25, -0.2) is 4.98 Å². The smallest absolute Gasteiger partial charge is 0.101 e. The molecule has 0 atom stereocenters. The van der Waals surface area contributed by atoms with Crippen LogP contribution in [0.15, 0.2) is 122 Å². The fraction of sp³-hybridized carbons (Fsp3) is 0. The van der Waals surface area contributed by atoms with Gasteiger partial charge in [0.15, 0.2) is 0 Å². The Morgan fingerprint density at radius 3 is 1.50 bits per heavy atom. The molecule has 7 aromatic rings. The maximum atomic E-state index is 9.35. The summed E-state index contributed by atoms with van der Waals surface area (Å²) in [7, 11) is 0. The molecule has 0 radical (unpaired) electrons. The van der Waals surface area contributed by atoms with Crippen LogP contribution in [0.4, 0.5) is 0 Å². The third kappa shape index (κ3) is 4.30. The minimum Gasteiger partial charge on any atom is -0.263 e. The molecule has 0 saturated heterocycles. The Hall–Kier alpha value is -6.24. The number of hydrogen-bond acceptors (Lipinski definition) is 6. The van der Waals surface area contributed by atoms with E-state index in [2.05, 4.69) is 87.8 Å². The Kier molecular flexibility index (Phi) is 6.13. The first-order chi connectivity index (χ1) is 20.7. The highest BCUT2D eigenvalue weighted by molar-refractivity contribution is 6.21. The molecule has 3 heterocycles. The van der Waals surface area contributed by atoms with Crippen LogP contribution in [0.1, 0.15) is 11.1 Å². The SMILES string of the molecule is N#Cc1cncc(-c2ccc(-c3c4ccccc4c(-c4cncc(-c5cncc(C#N)c5)n4)c4ccccc34)cc2)c1. The quantitative estimate of drug-likeness (QED) is 0.211. The van der Waals surface area contributed by atoms with Gasteiger partial charge in [-0.15, -0.1) is 0 Å². The standard InChI is InChI=1S/C36H20N6/c37-15-23-13-27(19-39-17-23)25-9-11-26(12-10-25)35-29-5-1-3-7-31(29)36(32-8-4-2-6-30(32)35)34-22-41-21-33(42-34)28-14-24(16-38)18-40-20-28/h1-14,17-22H. The molecule has 0 bridgehead atoms. The predicted molar refractivity (Wildman–Crippen MR) is 164 cm³/mol. The van der Waals surface area contributed by atoms with Gasteiger partial charge in [0.25, 0.3) is 0 Å². The molecule has 0 N–H and O–H groups in total. The summed E-state index contributed by atoms with van der Waals surface area (Å²) in [4.78, 5) is 18.0. The van der Waals surface area contributed by atoms with E-state index in [1.165, 1.54) is 6.20 Å². The van der Waals surface area contributed by atoms with Crippen molar-refractivity contribution in [1.29, 1.82) is 10.5 Å². The van der Waals surface area contributed by atoms with E-state index < -0.39 is 0 Å². The third-order valence-corrected chi connectivity index (χ3v) is 7.36. The lowest BCUT2D eigenvalue weighted by atomic mass is 9.87. The Labute approximate surface area is 241 Å². The van der Waals surface area contributed by atoms with Gasteiger partial charge >= 0.3 is 0 Å². The van der Waals surface area contributed by atoms with Crippen molar-refractivity contribution in [2.24, 2.45) is 0 Å². The Balaban J connectivity index is 1.43. The molecule has 0 amide bonds. The van der Waals surface area contributed by atoms with Gasteiger partial charge in [0.05, 0.1) is 34.9 Å². The molecular formula is C36H20N6. The molecule has 0 aliphatic carbocycles. The number of nitriles is 2. The average Bonchev–Trinajstić information content (AvgIpc) is 3.07. The van der Waals surface area contributed by atoms with Crippen molar-refractivity contribution >= 4 is 21.5 Å². The molecule has 0 saturated carbocycles. The molecule has 0 unspecified atom stereocenters. The molecular weight excluding hydrogens is 516 g/mol. The number of benzene rings is 4. The average molecular weight is 537 g/mol. The lowest BCUT2D eigenvalue weighted by molar-refractivity contribution is 1.20. The van der Waals surface area contributed by atoms with Crippen molar-refractivity contribution < 1.29 is 0 Å². The van der Waals surface area contributed by atoms with Crippen LogP contribution in [-0.4, -0.2) is 19.9 Å². The molecule has 6 nitrogen and oxygen atoms in total. The van der Waals surface area contributed by atoms with Crippen LogP contribution in [0.5, 0.6) is 0 Å². The molecule has 4 aromatic carbocycles. The second kappa shape index (κ2) is 10.4. The number of rotatable bonds is 4. The first kappa shape index (κ1) is 24.8. The summed E-state index contributed by atoms with van der Waals surface area (Å²) >= 11 is 0. The summed E-state index contributed by atoms with van der Waals surface area (Å²) in [5.41, 5.74) is 8.26. The highest BCUT2D eigenvalue weighted by Crippen LogP contribution is 2.43. The summed E-state index contributed by atoms with van der Waals surface area (Å²) in [5, 5.41) is 23.0. The number of pyridine rings is 2. The van der Waals surface area contributed by atoms with Gasteiger partial charge < -0.3 is 0 Å². The molecule has 3 aromatic heterocycles. The zero-order chi connectivity index (χ0) is 28.5. The summed E-state index contributed by atoms with van der Waals surface area (Å²) in [6.45, 7) is 0. The predicted octanol–water partition coefficient (Wildman–Crippen LogP) is 7.98. The van der Waals surface area contributed by atoms with Crippen LogP contribution < -0.4 is 0 Å². The number of nitrogens with zero attached hydrogens (tertiary/aromatic N) is 6. The molecule has 6 heteroatoms. The van der Waals surface area contributed by atoms with Gasteiger partial charge in [-0.2, -0.15) is 10.5 Å². The molecule has 42 heavy (non-hydrogen) atoms. The highest BCUT2D eigenvalue weighted by atomic mass is 14.8. The third-order valence-electron chi connectivity index (χ3n) is 7.36. The zero-order valence-electron chi connectivity index (χ0n) is 22.2. The van der Waals surface area contributed by atoms with Crippen molar-refractivity contribution in [1.82, 2.24) is 19.9 Å². The van der Waals surface area contributed by atoms with E-state index in [0.717, 1.165) is 60.6 Å². The summed E-state index contributed by atoms with van der Waals surface area (Å²) in [6, 6.07) is 33.1. The molecule has 7 rings (SSSR count). The van der Waals surface area contributed by atoms with Gasteiger partial charge in [0, 0.05) is 41.5 Å². The minimum atomic E-state index is 0.472. The fourth-order valence-electron chi connectivity index (χ4n) is 5.47. The zero-order valence-corrected chi connectivity index (χ0v) is 22.2. The van der Waals surface area contributed by atoms with Gasteiger partial charge in [-0.1, -0.05) is 72.8 Å². The Morgan fingerprint density at radius 1 is 0.429 bits per heavy atom. The normalized spacial score (nSPS) is 10.8. The van der Waals surface area contributed by atoms with Crippen molar-refractivity contribution in [3.63, 3.8) is 0 Å². The number of hydrogen-bond donors (Lipinski definition) is 0. The summed E-state index contributed by atoms with van der Waals surface area (Å²) in [5.74, 6) is 0. The van der Waals surface area contributed by atoms with E-state index in [4.69, 9.17) is 4.98 Å². The molecule has 0 aliphatic rings. The van der Waals surface area contributed by atoms with E-state index in [9.17, 15) is 10.5 Å². The van der Waals surface area contributed by atoms with Gasteiger partial charge in [-0.3, -0.25) is 15.0 Å². The van der Waals surface area contributed by atoms with E-state index >= 15 is 0 Å². The van der Waals surface area contributed by atoms with Gasteiger partial charge in [0.1, 0.15) is 12.1 Å². The fourth-order valence-corrected chi connectivity index (χ4v) is 5.47. The van der Waals surface area contributed by atoms with Crippen molar-refractivity contribution in [2.75, 3.05) is 0 Å². The molecule has 0 aliphatic heterocycles. The van der Waals surface area contributed by atoms with E-state index in [1.54, 1.807) is 37.1 Å². The lowest BCUT2D eigenvalue weighted by Crippen LogP contribution is -1.95. The van der Waals surface area contributed by atoms with E-state index in [1.807, 2.05) is 18.2 Å². The van der Waals surface area contributed by atoms with Crippen molar-refractivity contribution in [2.45, 2.75) is 0 Å². The maximum Gasteiger partial charge on any atom is 0.101 e. The van der Waals surface area contributed by atoms with Crippen molar-refractivity contribution in [3.05, 3.63) is 133 Å². The van der Waals surface area contributed by atoms with Crippen LogP contribution in [0.25, 0.3) is 66.3 Å². The monoisotopic (exact) mass is 536 g/mol. The molecule has 0 fully saturated rings. The van der Waals surface area contributed by atoms with Crippen LogP contribution in [0.2, 0.25) is 0 Å². The van der Waals surface area contributed by atoms with Crippen LogP contribution in [0.3, 0.4) is 0 Å². The minimum absolute atomic E-state index is 0.472. The second-order valence-corrected chi connectivity index (χ2v) is 9.86. The lowest BCUT2D eigenvalue weighted by Gasteiger charge is -2.17. The summed E-state index contributed by atoms with van der Waals surface area (Å²) in [6.07, 6.45) is 10.1. The van der Waals surface area contributed by atoms with Crippen LogP contribution >= 0.6 is 0 Å². The van der Waals surface area contributed by atoms with Gasteiger partial charge in [-0.05, 0) is 50.4 Å². The molecule has 194 valence electrons. The number of fused-ring (bicyclic) bond motifs is 2. The van der Waals surface area contributed by atoms with Crippen LogP contribution in [0, 0.1) is 22.7 Å². The Bertz CT molecular complexity index is 2170. The molecule has 0 spiro atoms. The first-order valence-corrected chi connectivity index (χ1v) is 13.3. The highest BCUT2D eigenvalue weighted by Gasteiger charge is 2.18. The summed E-state index contributed by atoms with van der Waals surface area (Å²) < 4.78 is 0. The Morgan fingerprint density at radius 2 is 0.905 bits per heavy atom. The second-order valence-electron chi connectivity index (χ2n) is 9.86. The van der Waals surface area contributed by atoms with Crippen LogP contribution in [-0.2, 0) is 0 Å². The first-order valence-electron chi connectivity index (χ1n) is 13.3. The van der Waals surface area contributed by atoms with Crippen molar-refractivity contribution in [3.8, 4) is 56.9 Å². The van der Waals surface area contributed by atoms with Gasteiger partial charge in [0.2, 0.25) is 0 Å². The topological polar surface area (TPSA) is 99.1 Å². The van der Waals surface area contributed by atoms with E-state index in [-0.39, 0.29) is 0 Å². The number of aromatic nitrogens is 4. The maximum absolute atomic E-state index is 9.35. The largest absolute Gasteiger partial charge is 0.263 e. The van der Waals surface area contributed by atoms with E-state index in [0.29, 0.717) is 16.8 Å².